The fourth-order valence-corrected chi connectivity index (χ4v) is 10.6. The van der Waals surface area contributed by atoms with Crippen molar-refractivity contribution in [2.45, 2.75) is 83.0 Å². The summed E-state index contributed by atoms with van der Waals surface area (Å²) in [6.45, 7) is 17.8. The molecule has 4 nitrogen and oxygen atoms in total. The molecule has 0 N–H and O–H groups in total. The zero-order chi connectivity index (χ0) is 21.8. The van der Waals surface area contributed by atoms with Gasteiger partial charge in [-0.2, -0.15) is 0 Å². The van der Waals surface area contributed by atoms with Crippen molar-refractivity contribution in [2.75, 3.05) is 6.54 Å². The standard InChI is InChI=1S/C24H37NO3Si/c1-8-21(20-13-10-9-11-14-20)23(24(27)25-16-12-15-22(25)26)28-29(17(2)3,18(4)5)19(6)7/h8-11,13-14,17-19,21,23H,1,12,15-16H2,2-7H3. The number of carbonyl (C=O) groups is 2. The number of benzene rings is 1. The normalized spacial score (nSPS) is 17.3. The summed E-state index contributed by atoms with van der Waals surface area (Å²) in [5, 5.41) is 0. The third-order valence-electron chi connectivity index (χ3n) is 6.39. The number of hydrogen-bond donors (Lipinski definition) is 0. The smallest absolute Gasteiger partial charge is 0.258 e. The molecule has 1 saturated heterocycles. The lowest BCUT2D eigenvalue weighted by Crippen LogP contribution is -2.55. The molecule has 0 spiro atoms. The SMILES string of the molecule is C=CC(c1ccccc1)C(O[Si](C(C)C)(C(C)C)C(C)C)C(=O)N1CCCC1=O. The Kier molecular flexibility index (Phi) is 8.00. The van der Waals surface area contributed by atoms with Gasteiger partial charge in [-0.05, 0) is 28.6 Å². The van der Waals surface area contributed by atoms with E-state index in [9.17, 15) is 9.59 Å². The van der Waals surface area contributed by atoms with Gasteiger partial charge < -0.3 is 4.43 Å². The van der Waals surface area contributed by atoms with E-state index in [2.05, 4.69) is 48.1 Å². The maximum atomic E-state index is 13.6. The third-order valence-corrected chi connectivity index (χ3v) is 12.5. The number of likely N-dealkylation sites (tertiary alicyclic amines) is 1. The van der Waals surface area contributed by atoms with Crippen LogP contribution in [0.5, 0.6) is 0 Å². The number of rotatable bonds is 9. The van der Waals surface area contributed by atoms with Crippen LogP contribution in [0.4, 0.5) is 0 Å². The van der Waals surface area contributed by atoms with Crippen LogP contribution in [-0.4, -0.2) is 37.7 Å². The molecule has 160 valence electrons. The molecule has 5 heteroatoms. The predicted octanol–water partition coefficient (Wildman–Crippen LogP) is 5.67. The summed E-state index contributed by atoms with van der Waals surface area (Å²) < 4.78 is 6.98. The first kappa shape index (κ1) is 23.6. The summed E-state index contributed by atoms with van der Waals surface area (Å²) in [4.78, 5) is 27.4. The molecule has 1 heterocycles. The maximum absolute atomic E-state index is 13.6. The number of hydrogen-bond acceptors (Lipinski definition) is 3. The summed E-state index contributed by atoms with van der Waals surface area (Å²) >= 11 is 0. The van der Waals surface area contributed by atoms with Gasteiger partial charge in [0, 0.05) is 18.9 Å². The minimum atomic E-state index is -2.34. The topological polar surface area (TPSA) is 46.6 Å². The van der Waals surface area contributed by atoms with E-state index in [-0.39, 0.29) is 17.7 Å². The average Bonchev–Trinajstić information content (AvgIpc) is 3.10. The first-order valence-corrected chi connectivity index (χ1v) is 13.0. The van der Waals surface area contributed by atoms with E-state index in [1.54, 1.807) is 6.08 Å². The highest BCUT2D eigenvalue weighted by atomic mass is 28.4. The first-order chi connectivity index (χ1) is 13.7. The van der Waals surface area contributed by atoms with E-state index < -0.39 is 14.4 Å². The van der Waals surface area contributed by atoms with Gasteiger partial charge in [-0.15, -0.1) is 6.58 Å². The van der Waals surface area contributed by atoms with Crippen LogP contribution in [0.2, 0.25) is 16.6 Å². The third kappa shape index (κ3) is 4.72. The first-order valence-electron chi connectivity index (χ1n) is 10.9. The fourth-order valence-electron chi connectivity index (χ4n) is 5.05. The second-order valence-electron chi connectivity index (χ2n) is 9.02. The highest BCUT2D eigenvalue weighted by Crippen LogP contribution is 2.45. The van der Waals surface area contributed by atoms with E-state index in [0.29, 0.717) is 29.6 Å². The van der Waals surface area contributed by atoms with Gasteiger partial charge in [0.25, 0.3) is 5.91 Å². The van der Waals surface area contributed by atoms with Crippen molar-refractivity contribution in [3.05, 3.63) is 48.6 Å². The molecular formula is C24H37NO3Si. The van der Waals surface area contributed by atoms with E-state index in [1.165, 1.54) is 4.90 Å². The monoisotopic (exact) mass is 415 g/mol. The average molecular weight is 416 g/mol. The van der Waals surface area contributed by atoms with E-state index in [4.69, 9.17) is 4.43 Å². The molecule has 2 rings (SSSR count). The highest BCUT2D eigenvalue weighted by Gasteiger charge is 2.50. The van der Waals surface area contributed by atoms with Crippen LogP contribution < -0.4 is 0 Å². The zero-order valence-corrected chi connectivity index (χ0v) is 19.9. The van der Waals surface area contributed by atoms with E-state index in [1.807, 2.05) is 30.3 Å². The number of imide groups is 1. The van der Waals surface area contributed by atoms with Crippen molar-refractivity contribution in [3.63, 3.8) is 0 Å². The van der Waals surface area contributed by atoms with Crippen molar-refractivity contribution < 1.29 is 14.0 Å². The summed E-state index contributed by atoms with van der Waals surface area (Å²) in [5.41, 5.74) is 2.02. The van der Waals surface area contributed by atoms with Crippen molar-refractivity contribution in [2.24, 2.45) is 0 Å². The Morgan fingerprint density at radius 1 is 1.07 bits per heavy atom. The summed E-state index contributed by atoms with van der Waals surface area (Å²) in [6, 6.07) is 9.90. The van der Waals surface area contributed by atoms with Gasteiger partial charge in [0.1, 0.15) is 6.10 Å². The maximum Gasteiger partial charge on any atom is 0.258 e. The summed E-state index contributed by atoms with van der Waals surface area (Å²) in [6.07, 6.45) is 2.24. The van der Waals surface area contributed by atoms with Crippen LogP contribution in [0.15, 0.2) is 43.0 Å². The second kappa shape index (κ2) is 9.85. The molecule has 1 aliphatic heterocycles. The predicted molar refractivity (Wildman–Crippen MR) is 121 cm³/mol. The van der Waals surface area contributed by atoms with Crippen LogP contribution in [0.25, 0.3) is 0 Å². The Morgan fingerprint density at radius 3 is 2.03 bits per heavy atom. The Morgan fingerprint density at radius 2 is 1.62 bits per heavy atom. The minimum Gasteiger partial charge on any atom is -0.403 e. The second-order valence-corrected chi connectivity index (χ2v) is 14.4. The van der Waals surface area contributed by atoms with Gasteiger partial charge in [0.2, 0.25) is 14.2 Å². The lowest BCUT2D eigenvalue weighted by Gasteiger charge is -2.45. The minimum absolute atomic E-state index is 0.0922. The fraction of sp³-hybridized carbons (Fsp3) is 0.583. The van der Waals surface area contributed by atoms with Crippen molar-refractivity contribution in [3.8, 4) is 0 Å². The van der Waals surface area contributed by atoms with Crippen LogP contribution >= 0.6 is 0 Å². The molecule has 0 aromatic heterocycles. The van der Waals surface area contributed by atoms with Gasteiger partial charge in [-0.25, -0.2) is 0 Å². The molecule has 0 bridgehead atoms. The summed E-state index contributed by atoms with van der Waals surface area (Å²) in [7, 11) is -2.34. The van der Waals surface area contributed by atoms with Crippen LogP contribution in [-0.2, 0) is 14.0 Å². The Labute approximate surface area is 177 Å². The molecule has 0 saturated carbocycles. The molecule has 29 heavy (non-hydrogen) atoms. The lowest BCUT2D eigenvalue weighted by molar-refractivity contribution is -0.147. The summed E-state index contributed by atoms with van der Waals surface area (Å²) in [5.74, 6) is -0.592. The largest absolute Gasteiger partial charge is 0.403 e. The van der Waals surface area contributed by atoms with Gasteiger partial charge in [-0.3, -0.25) is 14.5 Å². The van der Waals surface area contributed by atoms with Crippen LogP contribution in [0.1, 0.15) is 65.9 Å². The van der Waals surface area contributed by atoms with Gasteiger partial charge in [0.15, 0.2) is 0 Å². The molecule has 1 aromatic carbocycles. The molecule has 0 radical (unpaired) electrons. The molecule has 1 aliphatic rings. The lowest BCUT2D eigenvalue weighted by atomic mass is 9.92. The van der Waals surface area contributed by atoms with Gasteiger partial charge >= 0.3 is 0 Å². The molecule has 0 aliphatic carbocycles. The molecule has 2 amide bonds. The van der Waals surface area contributed by atoms with Gasteiger partial charge in [0.05, 0.1) is 0 Å². The number of amides is 2. The van der Waals surface area contributed by atoms with Crippen LogP contribution in [0, 0.1) is 0 Å². The van der Waals surface area contributed by atoms with Crippen molar-refractivity contribution >= 4 is 20.1 Å². The van der Waals surface area contributed by atoms with E-state index >= 15 is 0 Å². The molecule has 2 unspecified atom stereocenters. The zero-order valence-electron chi connectivity index (χ0n) is 18.9. The Bertz CT molecular complexity index is 692. The number of nitrogens with zero attached hydrogens (tertiary/aromatic N) is 1. The Hall–Kier alpha value is -1.72. The molecule has 1 fully saturated rings. The van der Waals surface area contributed by atoms with Crippen LogP contribution in [0.3, 0.4) is 0 Å². The quantitative estimate of drug-likeness (QED) is 0.386. The Balaban J connectivity index is 2.55. The molecule has 1 aromatic rings. The van der Waals surface area contributed by atoms with Crippen molar-refractivity contribution in [1.82, 2.24) is 4.90 Å². The number of carbonyl (C=O) groups excluding carboxylic acids is 2. The molecular weight excluding hydrogens is 378 g/mol. The highest BCUT2D eigenvalue weighted by molar-refractivity contribution is 6.77. The van der Waals surface area contributed by atoms with E-state index in [0.717, 1.165) is 12.0 Å². The van der Waals surface area contributed by atoms with Gasteiger partial charge in [-0.1, -0.05) is 78.0 Å². The molecule has 2 atom stereocenters. The van der Waals surface area contributed by atoms with Crippen molar-refractivity contribution in [1.29, 1.82) is 0 Å².